The molecule has 15 heavy (non-hydrogen) atoms. The highest BCUT2D eigenvalue weighted by Crippen LogP contribution is 2.35. The molecule has 1 heterocycles. The quantitative estimate of drug-likeness (QED) is 0.774. The van der Waals surface area contributed by atoms with Crippen molar-refractivity contribution < 1.29 is 0 Å². The first-order valence-corrected chi connectivity index (χ1v) is 5.88. The maximum Gasteiger partial charge on any atom is 0.115 e. The molecule has 0 radical (unpaired) electrons. The Bertz CT molecular complexity index is 282. The summed E-state index contributed by atoms with van der Waals surface area (Å²) in [6, 6.07) is 0.441. The Balaban J connectivity index is 1.91. The zero-order chi connectivity index (χ0) is 10.5. The van der Waals surface area contributed by atoms with Crippen LogP contribution in [0.1, 0.15) is 44.2 Å². The second-order valence-corrected chi connectivity index (χ2v) is 4.30. The van der Waals surface area contributed by atoms with Crippen molar-refractivity contribution in [3.63, 3.8) is 0 Å². The van der Waals surface area contributed by atoms with Gasteiger partial charge in [-0.05, 0) is 25.3 Å². The first-order chi connectivity index (χ1) is 7.40. The van der Waals surface area contributed by atoms with E-state index in [0.29, 0.717) is 6.04 Å². The van der Waals surface area contributed by atoms with Crippen molar-refractivity contribution in [3.8, 4) is 0 Å². The number of hydrogen-bond acceptors (Lipinski definition) is 3. The summed E-state index contributed by atoms with van der Waals surface area (Å²) >= 11 is 0. The molecule has 1 atom stereocenters. The van der Waals surface area contributed by atoms with Gasteiger partial charge in [0.15, 0.2) is 0 Å². The summed E-state index contributed by atoms with van der Waals surface area (Å²) in [6.45, 7) is 3.15. The van der Waals surface area contributed by atoms with Gasteiger partial charge in [0, 0.05) is 24.0 Å². The van der Waals surface area contributed by atoms with Crippen LogP contribution in [0.15, 0.2) is 18.7 Å². The molecule has 0 saturated heterocycles. The van der Waals surface area contributed by atoms with E-state index in [0.717, 1.165) is 12.5 Å². The van der Waals surface area contributed by atoms with E-state index >= 15 is 0 Å². The van der Waals surface area contributed by atoms with Crippen LogP contribution in [0, 0.1) is 5.92 Å². The predicted octanol–water partition coefficient (Wildman–Crippen LogP) is 2.32. The molecule has 1 aromatic heterocycles. The second kappa shape index (κ2) is 5.21. The molecular weight excluding hydrogens is 186 g/mol. The van der Waals surface area contributed by atoms with Gasteiger partial charge >= 0.3 is 0 Å². The third-order valence-electron chi connectivity index (χ3n) is 2.99. The smallest absolute Gasteiger partial charge is 0.115 e. The summed E-state index contributed by atoms with van der Waals surface area (Å²) in [5.41, 5.74) is 1.22. The number of rotatable bonds is 6. The van der Waals surface area contributed by atoms with Crippen LogP contribution in [0.2, 0.25) is 0 Å². The third-order valence-corrected chi connectivity index (χ3v) is 2.99. The fourth-order valence-corrected chi connectivity index (χ4v) is 1.93. The molecule has 3 heteroatoms. The molecule has 0 bridgehead atoms. The van der Waals surface area contributed by atoms with Gasteiger partial charge in [0.05, 0.1) is 0 Å². The minimum absolute atomic E-state index is 0.441. The molecule has 1 aromatic rings. The minimum Gasteiger partial charge on any atom is -0.310 e. The average molecular weight is 205 g/mol. The normalized spacial score (nSPS) is 17.7. The summed E-state index contributed by atoms with van der Waals surface area (Å²) in [5.74, 6) is 0.996. The van der Waals surface area contributed by atoms with Crippen LogP contribution in [0.4, 0.5) is 0 Å². The molecule has 1 aliphatic carbocycles. The molecule has 82 valence electrons. The maximum absolute atomic E-state index is 4.08. The number of nitrogens with one attached hydrogen (secondary N) is 1. The van der Waals surface area contributed by atoms with Gasteiger partial charge in [0.25, 0.3) is 0 Å². The van der Waals surface area contributed by atoms with E-state index in [1.807, 2.05) is 12.4 Å². The Labute approximate surface area is 91.3 Å². The Morgan fingerprint density at radius 2 is 2.13 bits per heavy atom. The summed E-state index contributed by atoms with van der Waals surface area (Å²) in [7, 11) is 0. The predicted molar refractivity (Wildman–Crippen MR) is 60.4 cm³/mol. The first kappa shape index (κ1) is 10.6. The van der Waals surface area contributed by atoms with Gasteiger partial charge in [0.1, 0.15) is 6.33 Å². The lowest BCUT2D eigenvalue weighted by Crippen LogP contribution is -2.21. The molecule has 0 amide bonds. The van der Waals surface area contributed by atoms with Crippen molar-refractivity contribution in [3.05, 3.63) is 24.3 Å². The topological polar surface area (TPSA) is 37.8 Å². The van der Waals surface area contributed by atoms with Gasteiger partial charge in [-0.15, -0.1) is 0 Å². The third kappa shape index (κ3) is 3.27. The number of nitrogens with zero attached hydrogens (tertiary/aromatic N) is 2. The monoisotopic (exact) mass is 205 g/mol. The van der Waals surface area contributed by atoms with Crippen molar-refractivity contribution in [2.45, 2.75) is 38.6 Å². The standard InChI is InChI=1S/C12H19N3/c1-2-15-12(6-5-10-3-4-10)11-7-13-9-14-8-11/h7-10,12,15H,2-6H2,1H3. The zero-order valence-electron chi connectivity index (χ0n) is 9.32. The highest BCUT2D eigenvalue weighted by atomic mass is 14.9. The fraction of sp³-hybridized carbons (Fsp3) is 0.667. The molecule has 2 rings (SSSR count). The Morgan fingerprint density at radius 1 is 1.40 bits per heavy atom. The van der Waals surface area contributed by atoms with Crippen molar-refractivity contribution in [1.29, 1.82) is 0 Å². The highest BCUT2D eigenvalue weighted by molar-refractivity contribution is 5.09. The van der Waals surface area contributed by atoms with Crippen molar-refractivity contribution >= 4 is 0 Å². The molecule has 0 aliphatic heterocycles. The van der Waals surface area contributed by atoms with Crippen LogP contribution in [-0.4, -0.2) is 16.5 Å². The largest absolute Gasteiger partial charge is 0.310 e. The van der Waals surface area contributed by atoms with Crippen LogP contribution in [-0.2, 0) is 0 Å². The van der Waals surface area contributed by atoms with E-state index in [2.05, 4.69) is 22.2 Å². The zero-order valence-corrected chi connectivity index (χ0v) is 9.32. The van der Waals surface area contributed by atoms with Gasteiger partial charge in [-0.3, -0.25) is 0 Å². The van der Waals surface area contributed by atoms with E-state index in [9.17, 15) is 0 Å². The van der Waals surface area contributed by atoms with Gasteiger partial charge in [-0.25, -0.2) is 9.97 Å². The van der Waals surface area contributed by atoms with Crippen molar-refractivity contribution in [2.75, 3.05) is 6.54 Å². The number of hydrogen-bond donors (Lipinski definition) is 1. The SMILES string of the molecule is CCNC(CCC1CC1)c1cncnc1. The Kier molecular flexibility index (Phi) is 3.67. The first-order valence-electron chi connectivity index (χ1n) is 5.88. The molecule has 1 saturated carbocycles. The van der Waals surface area contributed by atoms with Crippen LogP contribution >= 0.6 is 0 Å². The van der Waals surface area contributed by atoms with Crippen LogP contribution < -0.4 is 5.32 Å². The van der Waals surface area contributed by atoms with Crippen LogP contribution in [0.3, 0.4) is 0 Å². The van der Waals surface area contributed by atoms with E-state index in [1.165, 1.54) is 31.2 Å². The van der Waals surface area contributed by atoms with Gasteiger partial charge in [-0.2, -0.15) is 0 Å². The highest BCUT2D eigenvalue weighted by Gasteiger charge is 2.22. The number of aromatic nitrogens is 2. The molecule has 1 fully saturated rings. The van der Waals surface area contributed by atoms with Crippen LogP contribution in [0.25, 0.3) is 0 Å². The molecule has 1 unspecified atom stereocenters. The molecule has 0 aromatic carbocycles. The molecule has 1 N–H and O–H groups in total. The minimum atomic E-state index is 0.441. The summed E-state index contributed by atoms with van der Waals surface area (Å²) < 4.78 is 0. The Morgan fingerprint density at radius 3 is 2.73 bits per heavy atom. The Hall–Kier alpha value is -0.960. The second-order valence-electron chi connectivity index (χ2n) is 4.30. The lowest BCUT2D eigenvalue weighted by atomic mass is 10.0. The van der Waals surface area contributed by atoms with Crippen molar-refractivity contribution in [2.24, 2.45) is 5.92 Å². The molecule has 0 spiro atoms. The van der Waals surface area contributed by atoms with Gasteiger partial charge < -0.3 is 5.32 Å². The van der Waals surface area contributed by atoms with Gasteiger partial charge in [-0.1, -0.05) is 19.8 Å². The molecular formula is C12H19N3. The van der Waals surface area contributed by atoms with E-state index in [1.54, 1.807) is 6.33 Å². The average Bonchev–Trinajstić information content (AvgIpc) is 3.09. The van der Waals surface area contributed by atoms with E-state index < -0.39 is 0 Å². The molecule has 3 nitrogen and oxygen atoms in total. The summed E-state index contributed by atoms with van der Waals surface area (Å²) in [6.07, 6.45) is 10.9. The van der Waals surface area contributed by atoms with E-state index in [4.69, 9.17) is 0 Å². The maximum atomic E-state index is 4.08. The fourth-order valence-electron chi connectivity index (χ4n) is 1.93. The summed E-state index contributed by atoms with van der Waals surface area (Å²) in [4.78, 5) is 8.16. The molecule has 1 aliphatic rings. The van der Waals surface area contributed by atoms with Crippen molar-refractivity contribution in [1.82, 2.24) is 15.3 Å². The van der Waals surface area contributed by atoms with Gasteiger partial charge in [0.2, 0.25) is 0 Å². The van der Waals surface area contributed by atoms with Crippen LogP contribution in [0.5, 0.6) is 0 Å². The lowest BCUT2D eigenvalue weighted by molar-refractivity contribution is 0.479. The lowest BCUT2D eigenvalue weighted by Gasteiger charge is -2.17. The summed E-state index contributed by atoms with van der Waals surface area (Å²) in [5, 5.41) is 3.50. The van der Waals surface area contributed by atoms with E-state index in [-0.39, 0.29) is 0 Å².